The van der Waals surface area contributed by atoms with Gasteiger partial charge in [0.25, 0.3) is 5.91 Å². The molecule has 1 fully saturated rings. The number of carbonyl (C=O) groups is 1. The summed E-state index contributed by atoms with van der Waals surface area (Å²) < 4.78 is 13.3. The number of aromatic nitrogens is 1. The number of amides is 1. The molecule has 1 amide bonds. The molecule has 0 saturated carbocycles. The average molecular weight is 353 g/mol. The Hall–Kier alpha value is -2.80. The van der Waals surface area contributed by atoms with Gasteiger partial charge in [0, 0.05) is 49.9 Å². The molecule has 134 valence electrons. The van der Waals surface area contributed by atoms with Gasteiger partial charge in [0.15, 0.2) is 0 Å². The Labute approximate surface area is 151 Å². The second-order valence-corrected chi connectivity index (χ2v) is 6.38. The summed E-state index contributed by atoms with van der Waals surface area (Å²) >= 11 is 0. The Kier molecular flexibility index (Phi) is 4.62. The van der Waals surface area contributed by atoms with Crippen molar-refractivity contribution in [1.82, 2.24) is 15.3 Å². The van der Waals surface area contributed by atoms with Crippen molar-refractivity contribution in [2.45, 2.75) is 6.42 Å². The largest absolute Gasteiger partial charge is 0.354 e. The Bertz CT molecular complexity index is 830. The molecular formula is C19H20FN5O. The number of hydrogen-bond acceptors (Lipinski definition) is 5. The van der Waals surface area contributed by atoms with Crippen LogP contribution in [0.4, 0.5) is 10.2 Å². The summed E-state index contributed by atoms with van der Waals surface area (Å²) in [4.78, 5) is 19.3. The van der Waals surface area contributed by atoms with E-state index in [9.17, 15) is 9.18 Å². The van der Waals surface area contributed by atoms with Crippen LogP contribution in [-0.4, -0.2) is 54.3 Å². The summed E-state index contributed by atoms with van der Waals surface area (Å²) in [7, 11) is 0. The molecule has 2 aliphatic rings. The van der Waals surface area contributed by atoms with Crippen molar-refractivity contribution in [3.05, 3.63) is 59.5 Å². The minimum absolute atomic E-state index is 0.287. The molecule has 0 atom stereocenters. The second kappa shape index (κ2) is 7.21. The van der Waals surface area contributed by atoms with E-state index in [1.807, 2.05) is 18.3 Å². The minimum atomic E-state index is -0.424. The maximum atomic E-state index is 13.3. The van der Waals surface area contributed by atoms with Crippen molar-refractivity contribution >= 4 is 17.4 Å². The van der Waals surface area contributed by atoms with E-state index < -0.39 is 5.82 Å². The number of rotatable bonds is 3. The Morgan fingerprint density at radius 1 is 1.12 bits per heavy atom. The fraction of sp³-hybridized carbons (Fsp3) is 0.316. The molecule has 0 aliphatic carbocycles. The molecule has 6 nitrogen and oxygen atoms in total. The van der Waals surface area contributed by atoms with E-state index in [1.165, 1.54) is 23.2 Å². The Morgan fingerprint density at radius 2 is 1.96 bits per heavy atom. The fourth-order valence-electron chi connectivity index (χ4n) is 3.21. The molecule has 0 spiro atoms. The molecule has 1 N–H and O–H groups in total. The summed E-state index contributed by atoms with van der Waals surface area (Å²) in [5.41, 5.74) is 2.05. The van der Waals surface area contributed by atoms with Crippen molar-refractivity contribution < 1.29 is 9.18 Å². The number of benzene rings is 1. The zero-order valence-corrected chi connectivity index (χ0v) is 14.4. The summed E-state index contributed by atoms with van der Waals surface area (Å²) in [6, 6.07) is 9.69. The standard InChI is InChI=1S/C19H20FN5O/c20-16-3-1-2-14(12-16)19(26)25-9-6-17(23-25)15-4-5-18(22-13-15)24-10-7-21-8-11-24/h1-5,12-13,21H,6-11H2. The SMILES string of the molecule is O=C(c1cccc(F)c1)N1CCC(c2ccc(N3CCNCC3)nc2)=N1. The predicted molar refractivity (Wildman–Crippen MR) is 97.9 cm³/mol. The quantitative estimate of drug-likeness (QED) is 0.915. The maximum absolute atomic E-state index is 13.3. The van der Waals surface area contributed by atoms with E-state index in [1.54, 1.807) is 6.07 Å². The predicted octanol–water partition coefficient (Wildman–Crippen LogP) is 1.88. The molecule has 2 aromatic rings. The van der Waals surface area contributed by atoms with Gasteiger partial charge in [-0.1, -0.05) is 6.07 Å². The first-order valence-electron chi connectivity index (χ1n) is 8.78. The fourth-order valence-corrected chi connectivity index (χ4v) is 3.21. The monoisotopic (exact) mass is 353 g/mol. The van der Waals surface area contributed by atoms with Gasteiger partial charge in [0.1, 0.15) is 11.6 Å². The number of pyridine rings is 1. The van der Waals surface area contributed by atoms with Crippen LogP contribution in [-0.2, 0) is 0 Å². The van der Waals surface area contributed by atoms with Crippen LogP contribution in [0.25, 0.3) is 0 Å². The second-order valence-electron chi connectivity index (χ2n) is 6.38. The lowest BCUT2D eigenvalue weighted by Crippen LogP contribution is -2.43. The third kappa shape index (κ3) is 3.43. The van der Waals surface area contributed by atoms with Gasteiger partial charge in [-0.2, -0.15) is 5.10 Å². The number of halogens is 1. The molecule has 2 aliphatic heterocycles. The third-order valence-electron chi connectivity index (χ3n) is 4.63. The first-order valence-corrected chi connectivity index (χ1v) is 8.78. The molecule has 26 heavy (non-hydrogen) atoms. The van der Waals surface area contributed by atoms with Gasteiger partial charge in [-0.25, -0.2) is 14.4 Å². The highest BCUT2D eigenvalue weighted by molar-refractivity contribution is 6.04. The zero-order chi connectivity index (χ0) is 17.9. The van der Waals surface area contributed by atoms with E-state index in [2.05, 4.69) is 20.3 Å². The van der Waals surface area contributed by atoms with E-state index in [0.717, 1.165) is 43.3 Å². The van der Waals surface area contributed by atoms with E-state index in [4.69, 9.17) is 0 Å². The number of carbonyl (C=O) groups excluding carboxylic acids is 1. The highest BCUT2D eigenvalue weighted by Crippen LogP contribution is 2.19. The average Bonchev–Trinajstić information content (AvgIpc) is 3.18. The number of nitrogens with one attached hydrogen (secondary N) is 1. The van der Waals surface area contributed by atoms with Gasteiger partial charge in [-0.3, -0.25) is 4.79 Å². The van der Waals surface area contributed by atoms with Gasteiger partial charge >= 0.3 is 0 Å². The molecule has 0 unspecified atom stereocenters. The number of anilines is 1. The van der Waals surface area contributed by atoms with Crippen molar-refractivity contribution in [1.29, 1.82) is 0 Å². The summed E-state index contributed by atoms with van der Waals surface area (Å²) in [6.07, 6.45) is 2.47. The molecule has 1 aromatic carbocycles. The molecule has 1 aromatic heterocycles. The minimum Gasteiger partial charge on any atom is -0.354 e. The Morgan fingerprint density at radius 3 is 2.69 bits per heavy atom. The van der Waals surface area contributed by atoms with Gasteiger partial charge in [-0.05, 0) is 30.3 Å². The van der Waals surface area contributed by atoms with Crippen molar-refractivity contribution in [3.8, 4) is 0 Å². The van der Waals surface area contributed by atoms with E-state index in [0.29, 0.717) is 18.5 Å². The van der Waals surface area contributed by atoms with Gasteiger partial charge in [-0.15, -0.1) is 0 Å². The topological polar surface area (TPSA) is 60.8 Å². The summed E-state index contributed by atoms with van der Waals surface area (Å²) in [6.45, 7) is 4.32. The van der Waals surface area contributed by atoms with E-state index in [-0.39, 0.29) is 5.91 Å². The Balaban J connectivity index is 1.48. The molecule has 0 radical (unpaired) electrons. The zero-order valence-electron chi connectivity index (χ0n) is 14.4. The summed E-state index contributed by atoms with van der Waals surface area (Å²) in [5, 5.41) is 9.14. The smallest absolute Gasteiger partial charge is 0.274 e. The van der Waals surface area contributed by atoms with Crippen LogP contribution < -0.4 is 10.2 Å². The highest BCUT2D eigenvalue weighted by Gasteiger charge is 2.23. The van der Waals surface area contributed by atoms with Gasteiger partial charge < -0.3 is 10.2 Å². The number of hydrazone groups is 1. The van der Waals surface area contributed by atoms with Gasteiger partial charge in [0.05, 0.1) is 12.3 Å². The van der Waals surface area contributed by atoms with Crippen LogP contribution in [0.1, 0.15) is 22.3 Å². The maximum Gasteiger partial charge on any atom is 0.274 e. The van der Waals surface area contributed by atoms with Crippen LogP contribution >= 0.6 is 0 Å². The van der Waals surface area contributed by atoms with Crippen molar-refractivity contribution in [2.24, 2.45) is 5.10 Å². The number of nitrogens with zero attached hydrogens (tertiary/aromatic N) is 4. The summed E-state index contributed by atoms with van der Waals surface area (Å²) in [5.74, 6) is 0.249. The van der Waals surface area contributed by atoms with Crippen LogP contribution in [0.5, 0.6) is 0 Å². The molecule has 3 heterocycles. The normalized spacial score (nSPS) is 17.3. The number of hydrogen-bond donors (Lipinski definition) is 1. The van der Waals surface area contributed by atoms with Crippen LogP contribution in [0.15, 0.2) is 47.7 Å². The lowest BCUT2D eigenvalue weighted by Gasteiger charge is -2.28. The van der Waals surface area contributed by atoms with Crippen LogP contribution in [0, 0.1) is 5.82 Å². The molecule has 4 rings (SSSR count). The van der Waals surface area contributed by atoms with Crippen LogP contribution in [0.3, 0.4) is 0 Å². The lowest BCUT2D eigenvalue weighted by molar-refractivity contribution is 0.0778. The molecule has 0 bridgehead atoms. The van der Waals surface area contributed by atoms with Crippen LogP contribution in [0.2, 0.25) is 0 Å². The van der Waals surface area contributed by atoms with Crippen molar-refractivity contribution in [2.75, 3.05) is 37.6 Å². The van der Waals surface area contributed by atoms with E-state index >= 15 is 0 Å². The highest BCUT2D eigenvalue weighted by atomic mass is 19.1. The van der Waals surface area contributed by atoms with Crippen molar-refractivity contribution in [3.63, 3.8) is 0 Å². The first-order chi connectivity index (χ1) is 12.7. The molecular weight excluding hydrogens is 333 g/mol. The first kappa shape index (κ1) is 16.7. The van der Waals surface area contributed by atoms with Gasteiger partial charge in [0.2, 0.25) is 0 Å². The molecule has 1 saturated heterocycles. The number of piperazine rings is 1. The third-order valence-corrected chi connectivity index (χ3v) is 4.63. The molecule has 7 heteroatoms. The lowest BCUT2D eigenvalue weighted by atomic mass is 10.1.